The third-order valence-corrected chi connectivity index (χ3v) is 6.03. The van der Waals surface area contributed by atoms with E-state index < -0.39 is 11.9 Å². The van der Waals surface area contributed by atoms with E-state index in [0.29, 0.717) is 28.4 Å². The summed E-state index contributed by atoms with van der Waals surface area (Å²) in [6, 6.07) is 15.8. The fraction of sp³-hybridized carbons (Fsp3) is 0.231. The molecule has 0 bridgehead atoms. The Hall–Kier alpha value is -4.21. The molecule has 0 saturated heterocycles. The quantitative estimate of drug-likeness (QED) is 0.353. The van der Waals surface area contributed by atoms with Gasteiger partial charge in [-0.05, 0) is 42.2 Å². The van der Waals surface area contributed by atoms with Crippen LogP contribution in [-0.2, 0) is 12.7 Å². The minimum atomic E-state index is -4.51. The van der Waals surface area contributed by atoms with E-state index in [1.807, 2.05) is 24.3 Å². The van der Waals surface area contributed by atoms with Crippen molar-refractivity contribution in [1.82, 2.24) is 29.3 Å². The fourth-order valence-electron chi connectivity index (χ4n) is 4.23. The van der Waals surface area contributed by atoms with E-state index in [2.05, 4.69) is 28.9 Å². The molecule has 0 atom stereocenters. The van der Waals surface area contributed by atoms with Crippen molar-refractivity contribution >= 4 is 11.2 Å². The number of halogens is 3. The van der Waals surface area contributed by atoms with Gasteiger partial charge in [0.25, 0.3) is 0 Å². The number of aryl methyl sites for hydroxylation is 1. The highest BCUT2D eigenvalue weighted by molar-refractivity contribution is 5.73. The van der Waals surface area contributed by atoms with E-state index in [1.54, 1.807) is 37.4 Å². The number of H-pyrrole nitrogens is 1. The Bertz CT molecular complexity index is 1610. The van der Waals surface area contributed by atoms with Crippen LogP contribution in [0, 0.1) is 6.92 Å². The van der Waals surface area contributed by atoms with Gasteiger partial charge in [-0.2, -0.15) is 18.3 Å². The number of nitrogens with zero attached hydrogens (tertiary/aromatic N) is 5. The molecule has 0 fully saturated rings. The zero-order valence-electron chi connectivity index (χ0n) is 19.8. The molecule has 3 heterocycles. The fourth-order valence-corrected chi connectivity index (χ4v) is 4.23. The van der Waals surface area contributed by atoms with E-state index in [1.165, 1.54) is 9.25 Å². The zero-order valence-corrected chi connectivity index (χ0v) is 19.8. The second kappa shape index (κ2) is 8.78. The summed E-state index contributed by atoms with van der Waals surface area (Å²) in [6.45, 7) is 5.99. The Morgan fingerprint density at radius 3 is 2.44 bits per heavy atom. The number of rotatable bonds is 5. The normalized spacial score (nSPS) is 12.1. The molecular weight excluding hydrogens is 469 g/mol. The van der Waals surface area contributed by atoms with Gasteiger partial charge in [0, 0.05) is 11.3 Å². The Kier molecular flexibility index (Phi) is 5.74. The summed E-state index contributed by atoms with van der Waals surface area (Å²) >= 11 is 0. The molecule has 2 aromatic carbocycles. The Morgan fingerprint density at radius 2 is 1.78 bits per heavy atom. The van der Waals surface area contributed by atoms with Crippen LogP contribution >= 0.6 is 0 Å². The van der Waals surface area contributed by atoms with Gasteiger partial charge < -0.3 is 4.98 Å². The lowest BCUT2D eigenvalue weighted by atomic mass is 9.97. The molecule has 0 aliphatic heterocycles. The van der Waals surface area contributed by atoms with Crippen LogP contribution in [0.3, 0.4) is 0 Å². The average Bonchev–Trinajstić information content (AvgIpc) is 3.39. The summed E-state index contributed by atoms with van der Waals surface area (Å²) in [5, 5.41) is 3.68. The van der Waals surface area contributed by atoms with E-state index in [-0.39, 0.29) is 18.2 Å². The standard InChI is InChI=1S/C26H23F3N6O/c1-15(2)19-6-4-5-7-20(19)23-30-13-21-24(32-23)34(25(36)31-21)14-17-8-10-18(11-9-17)35-16(3)12-22(33-35)26(27,28)29/h4-13,15H,14H2,1-3H3,(H,31,36). The first-order valence-electron chi connectivity index (χ1n) is 11.4. The van der Waals surface area contributed by atoms with Crippen molar-refractivity contribution in [2.24, 2.45) is 0 Å². The van der Waals surface area contributed by atoms with Crippen LogP contribution in [0.4, 0.5) is 13.2 Å². The van der Waals surface area contributed by atoms with Crippen molar-refractivity contribution in [2.75, 3.05) is 0 Å². The molecule has 0 saturated carbocycles. The van der Waals surface area contributed by atoms with Gasteiger partial charge in [0.2, 0.25) is 0 Å². The van der Waals surface area contributed by atoms with Gasteiger partial charge in [0.1, 0.15) is 5.52 Å². The summed E-state index contributed by atoms with van der Waals surface area (Å²) in [5.74, 6) is 0.808. The van der Waals surface area contributed by atoms with Gasteiger partial charge in [0.15, 0.2) is 17.2 Å². The molecule has 36 heavy (non-hydrogen) atoms. The minimum absolute atomic E-state index is 0.229. The van der Waals surface area contributed by atoms with Gasteiger partial charge in [-0.3, -0.25) is 4.57 Å². The first kappa shape index (κ1) is 23.5. The topological polar surface area (TPSA) is 81.4 Å². The number of nitrogens with one attached hydrogen (secondary N) is 1. The molecule has 3 aromatic heterocycles. The lowest BCUT2D eigenvalue weighted by Gasteiger charge is -2.11. The molecule has 0 radical (unpaired) electrons. The molecule has 5 rings (SSSR count). The highest BCUT2D eigenvalue weighted by atomic mass is 19.4. The molecule has 10 heteroatoms. The maximum Gasteiger partial charge on any atom is 0.435 e. The summed E-state index contributed by atoms with van der Waals surface area (Å²) in [6.07, 6.45) is -2.91. The maximum absolute atomic E-state index is 13.0. The minimum Gasteiger partial charge on any atom is -0.303 e. The average molecular weight is 493 g/mol. The van der Waals surface area contributed by atoms with Crippen molar-refractivity contribution in [3.63, 3.8) is 0 Å². The number of aromatic amines is 1. The molecule has 7 nitrogen and oxygen atoms in total. The van der Waals surface area contributed by atoms with Gasteiger partial charge in [-0.1, -0.05) is 50.2 Å². The second-order valence-electron chi connectivity index (χ2n) is 8.94. The van der Waals surface area contributed by atoms with Gasteiger partial charge in [-0.15, -0.1) is 0 Å². The number of aromatic nitrogens is 6. The van der Waals surface area contributed by atoms with Crippen molar-refractivity contribution in [2.45, 2.75) is 39.4 Å². The summed E-state index contributed by atoms with van der Waals surface area (Å²) in [4.78, 5) is 24.7. The number of hydrogen-bond acceptors (Lipinski definition) is 4. The lowest BCUT2D eigenvalue weighted by Crippen LogP contribution is -2.18. The highest BCUT2D eigenvalue weighted by Crippen LogP contribution is 2.30. The van der Waals surface area contributed by atoms with Crippen LogP contribution in [0.2, 0.25) is 0 Å². The third-order valence-electron chi connectivity index (χ3n) is 6.03. The first-order chi connectivity index (χ1) is 17.1. The van der Waals surface area contributed by atoms with E-state index in [0.717, 1.165) is 22.8 Å². The van der Waals surface area contributed by atoms with Crippen molar-refractivity contribution in [3.8, 4) is 17.1 Å². The number of hydrogen-bond donors (Lipinski definition) is 1. The predicted molar refractivity (Wildman–Crippen MR) is 130 cm³/mol. The molecule has 1 N–H and O–H groups in total. The molecule has 0 aliphatic rings. The number of benzene rings is 2. The Balaban J connectivity index is 1.48. The maximum atomic E-state index is 13.0. The summed E-state index contributed by atoms with van der Waals surface area (Å²) in [5.41, 5.74) is 3.40. The Labute approximate surface area is 204 Å². The number of fused-ring (bicyclic) bond motifs is 1. The number of alkyl halides is 3. The molecule has 0 aliphatic carbocycles. The number of imidazole rings is 1. The molecule has 0 unspecified atom stereocenters. The largest absolute Gasteiger partial charge is 0.435 e. The van der Waals surface area contributed by atoms with Crippen LogP contribution in [0.15, 0.2) is 65.6 Å². The van der Waals surface area contributed by atoms with Crippen LogP contribution in [0.25, 0.3) is 28.2 Å². The van der Waals surface area contributed by atoms with Crippen molar-refractivity contribution < 1.29 is 13.2 Å². The molecular formula is C26H23F3N6O. The summed E-state index contributed by atoms with van der Waals surface area (Å²) < 4.78 is 41.8. The van der Waals surface area contributed by atoms with Crippen LogP contribution in [0.5, 0.6) is 0 Å². The second-order valence-corrected chi connectivity index (χ2v) is 8.94. The van der Waals surface area contributed by atoms with Crippen LogP contribution < -0.4 is 5.69 Å². The van der Waals surface area contributed by atoms with E-state index >= 15 is 0 Å². The predicted octanol–water partition coefficient (Wildman–Crippen LogP) is 5.47. The molecule has 5 aromatic rings. The van der Waals surface area contributed by atoms with Crippen LogP contribution in [-0.4, -0.2) is 29.3 Å². The van der Waals surface area contributed by atoms with Gasteiger partial charge in [-0.25, -0.2) is 19.4 Å². The molecule has 0 spiro atoms. The SMILES string of the molecule is Cc1cc(C(F)(F)F)nn1-c1ccc(Cn2c(=O)[nH]c3cnc(-c4ccccc4C(C)C)nc32)cc1. The van der Waals surface area contributed by atoms with Crippen molar-refractivity contribution in [3.05, 3.63) is 93.8 Å². The Morgan fingerprint density at radius 1 is 1.06 bits per heavy atom. The van der Waals surface area contributed by atoms with Gasteiger partial charge in [0.05, 0.1) is 18.4 Å². The lowest BCUT2D eigenvalue weighted by molar-refractivity contribution is -0.141. The first-order valence-corrected chi connectivity index (χ1v) is 11.4. The van der Waals surface area contributed by atoms with Gasteiger partial charge >= 0.3 is 11.9 Å². The van der Waals surface area contributed by atoms with E-state index in [9.17, 15) is 18.0 Å². The third kappa shape index (κ3) is 4.30. The molecule has 0 amide bonds. The monoisotopic (exact) mass is 492 g/mol. The van der Waals surface area contributed by atoms with E-state index in [4.69, 9.17) is 4.98 Å². The zero-order chi connectivity index (χ0) is 25.6. The van der Waals surface area contributed by atoms with Crippen LogP contribution in [0.1, 0.15) is 42.3 Å². The molecule has 184 valence electrons. The van der Waals surface area contributed by atoms with Crippen molar-refractivity contribution in [1.29, 1.82) is 0 Å². The smallest absolute Gasteiger partial charge is 0.303 e. The summed E-state index contributed by atoms with van der Waals surface area (Å²) in [7, 11) is 0. The highest BCUT2D eigenvalue weighted by Gasteiger charge is 2.34.